The van der Waals surface area contributed by atoms with Gasteiger partial charge in [-0.2, -0.15) is 0 Å². The van der Waals surface area contributed by atoms with Gasteiger partial charge in [0.2, 0.25) is 5.88 Å². The lowest BCUT2D eigenvalue weighted by Gasteiger charge is -2.17. The molecule has 0 saturated carbocycles. The van der Waals surface area contributed by atoms with E-state index in [1.54, 1.807) is 25.6 Å². The van der Waals surface area contributed by atoms with E-state index in [0.29, 0.717) is 5.88 Å². The third-order valence-corrected chi connectivity index (χ3v) is 3.98. The lowest BCUT2D eigenvalue weighted by Crippen LogP contribution is -2.23. The van der Waals surface area contributed by atoms with Crippen LogP contribution in [0.1, 0.15) is 23.5 Å². The second-order valence-electron chi connectivity index (χ2n) is 4.22. The van der Waals surface area contributed by atoms with E-state index in [2.05, 4.69) is 22.2 Å². The lowest BCUT2D eigenvalue weighted by atomic mass is 10.1. The zero-order valence-electron chi connectivity index (χ0n) is 11.9. The first-order valence-corrected chi connectivity index (χ1v) is 7.36. The topological polar surface area (TPSA) is 56.3 Å². The Morgan fingerprint density at radius 3 is 2.85 bits per heavy atom. The summed E-state index contributed by atoms with van der Waals surface area (Å²) in [6, 6.07) is 4.03. The zero-order valence-corrected chi connectivity index (χ0v) is 12.7. The molecule has 0 aliphatic carbocycles. The van der Waals surface area contributed by atoms with Crippen molar-refractivity contribution < 1.29 is 9.47 Å². The van der Waals surface area contributed by atoms with Crippen LogP contribution in [0, 0.1) is 0 Å². The fourth-order valence-electron chi connectivity index (χ4n) is 2.05. The molecule has 0 fully saturated rings. The van der Waals surface area contributed by atoms with Gasteiger partial charge in [-0.05, 0) is 18.0 Å². The first kappa shape index (κ1) is 14.7. The molecule has 0 radical (unpaired) electrons. The Morgan fingerprint density at radius 1 is 1.30 bits per heavy atom. The molecule has 0 aliphatic rings. The van der Waals surface area contributed by atoms with Crippen LogP contribution in [0.25, 0.3) is 0 Å². The Kier molecular flexibility index (Phi) is 5.31. The summed E-state index contributed by atoms with van der Waals surface area (Å²) < 4.78 is 10.5. The highest BCUT2D eigenvalue weighted by atomic mass is 32.1. The minimum absolute atomic E-state index is 0.176. The van der Waals surface area contributed by atoms with E-state index in [1.165, 1.54) is 11.2 Å². The highest BCUT2D eigenvalue weighted by Crippen LogP contribution is 2.32. The third-order valence-electron chi connectivity index (χ3n) is 2.97. The van der Waals surface area contributed by atoms with Gasteiger partial charge >= 0.3 is 0 Å². The standard InChI is InChI=1S/C14H19N3O2S/c1-4-15-11(14-12(18-2)5-6-20-14)7-10-8-13(19-3)17-9-16-10/h5-6,8-9,11,15H,4,7H2,1-3H3. The van der Waals surface area contributed by atoms with Crippen LogP contribution in [0.4, 0.5) is 0 Å². The van der Waals surface area contributed by atoms with Crippen molar-refractivity contribution in [2.24, 2.45) is 0 Å². The molecule has 2 aromatic heterocycles. The van der Waals surface area contributed by atoms with Gasteiger partial charge in [-0.25, -0.2) is 9.97 Å². The van der Waals surface area contributed by atoms with Gasteiger partial charge in [0.15, 0.2) is 0 Å². The predicted octanol–water partition coefficient (Wildman–Crippen LogP) is 2.45. The van der Waals surface area contributed by atoms with Crippen molar-refractivity contribution >= 4 is 11.3 Å². The minimum Gasteiger partial charge on any atom is -0.496 e. The molecular formula is C14H19N3O2S. The molecule has 0 amide bonds. The molecule has 20 heavy (non-hydrogen) atoms. The fourth-order valence-corrected chi connectivity index (χ4v) is 2.98. The van der Waals surface area contributed by atoms with Crippen LogP contribution in [0.5, 0.6) is 11.6 Å². The molecule has 5 nitrogen and oxygen atoms in total. The molecule has 0 aliphatic heterocycles. The quantitative estimate of drug-likeness (QED) is 0.850. The Labute approximate surface area is 123 Å². The Bertz CT molecular complexity index is 545. The van der Waals surface area contributed by atoms with Crippen molar-refractivity contribution in [3.05, 3.63) is 34.4 Å². The average Bonchev–Trinajstić information content (AvgIpc) is 2.95. The van der Waals surface area contributed by atoms with E-state index in [9.17, 15) is 0 Å². The number of aromatic nitrogens is 2. The Morgan fingerprint density at radius 2 is 2.15 bits per heavy atom. The molecule has 0 saturated heterocycles. The molecule has 1 N–H and O–H groups in total. The van der Waals surface area contributed by atoms with Gasteiger partial charge in [0, 0.05) is 18.2 Å². The van der Waals surface area contributed by atoms with Gasteiger partial charge in [-0.1, -0.05) is 6.92 Å². The molecule has 108 valence electrons. The van der Waals surface area contributed by atoms with E-state index < -0.39 is 0 Å². The summed E-state index contributed by atoms with van der Waals surface area (Å²) in [5.41, 5.74) is 0.943. The number of ether oxygens (including phenoxy) is 2. The molecule has 0 spiro atoms. The first-order valence-electron chi connectivity index (χ1n) is 6.48. The average molecular weight is 293 g/mol. The van der Waals surface area contributed by atoms with Crippen LogP contribution >= 0.6 is 11.3 Å². The summed E-state index contributed by atoms with van der Waals surface area (Å²) in [6.45, 7) is 2.97. The SMILES string of the molecule is CCNC(Cc1cc(OC)ncn1)c1sccc1OC. The normalized spacial score (nSPS) is 12.2. The minimum atomic E-state index is 0.176. The van der Waals surface area contributed by atoms with Gasteiger partial charge in [-0.3, -0.25) is 0 Å². The van der Waals surface area contributed by atoms with Crippen molar-refractivity contribution in [2.75, 3.05) is 20.8 Å². The number of nitrogens with zero attached hydrogens (tertiary/aromatic N) is 2. The number of methoxy groups -OCH3 is 2. The van der Waals surface area contributed by atoms with E-state index in [-0.39, 0.29) is 6.04 Å². The molecule has 0 aromatic carbocycles. The van der Waals surface area contributed by atoms with Crippen molar-refractivity contribution in [2.45, 2.75) is 19.4 Å². The number of hydrogen-bond donors (Lipinski definition) is 1. The number of likely N-dealkylation sites (N-methyl/N-ethyl adjacent to an activating group) is 1. The van der Waals surface area contributed by atoms with Crippen molar-refractivity contribution in [3.63, 3.8) is 0 Å². The van der Waals surface area contributed by atoms with Gasteiger partial charge in [0.05, 0.1) is 25.1 Å². The summed E-state index contributed by atoms with van der Waals surface area (Å²) in [5, 5.41) is 5.52. The van der Waals surface area contributed by atoms with Crippen molar-refractivity contribution in [3.8, 4) is 11.6 Å². The molecular weight excluding hydrogens is 274 g/mol. The maximum absolute atomic E-state index is 5.41. The number of hydrogen-bond acceptors (Lipinski definition) is 6. The first-order chi connectivity index (χ1) is 9.78. The third kappa shape index (κ3) is 3.46. The van der Waals surface area contributed by atoms with Gasteiger partial charge in [0.25, 0.3) is 0 Å². The summed E-state index contributed by atoms with van der Waals surface area (Å²) in [7, 11) is 3.30. The second-order valence-corrected chi connectivity index (χ2v) is 5.17. The van der Waals surface area contributed by atoms with Gasteiger partial charge in [0.1, 0.15) is 12.1 Å². The van der Waals surface area contributed by atoms with Crippen molar-refractivity contribution in [1.29, 1.82) is 0 Å². The summed E-state index contributed by atoms with van der Waals surface area (Å²) >= 11 is 1.69. The Hall–Kier alpha value is -1.66. The molecule has 0 bridgehead atoms. The largest absolute Gasteiger partial charge is 0.496 e. The monoisotopic (exact) mass is 293 g/mol. The van der Waals surface area contributed by atoms with E-state index >= 15 is 0 Å². The van der Waals surface area contributed by atoms with E-state index in [4.69, 9.17) is 9.47 Å². The smallest absolute Gasteiger partial charge is 0.216 e. The maximum Gasteiger partial charge on any atom is 0.216 e. The molecule has 1 atom stereocenters. The van der Waals surface area contributed by atoms with E-state index in [1.807, 2.05) is 17.5 Å². The number of nitrogens with one attached hydrogen (secondary N) is 1. The zero-order chi connectivity index (χ0) is 14.4. The Balaban J connectivity index is 2.20. The summed E-state index contributed by atoms with van der Waals surface area (Å²) in [4.78, 5) is 9.53. The molecule has 2 rings (SSSR count). The molecule has 1 unspecified atom stereocenters. The molecule has 2 heterocycles. The van der Waals surface area contributed by atoms with Gasteiger partial charge in [-0.15, -0.1) is 11.3 Å². The van der Waals surface area contributed by atoms with Crippen molar-refractivity contribution in [1.82, 2.24) is 15.3 Å². The number of rotatable bonds is 7. The summed E-state index contributed by atoms with van der Waals surface area (Å²) in [6.07, 6.45) is 2.30. The van der Waals surface area contributed by atoms with Crippen LogP contribution in [0.2, 0.25) is 0 Å². The van der Waals surface area contributed by atoms with Crippen LogP contribution < -0.4 is 14.8 Å². The lowest BCUT2D eigenvalue weighted by molar-refractivity contribution is 0.394. The number of thiophene rings is 1. The molecule has 6 heteroatoms. The van der Waals surface area contributed by atoms with Crippen LogP contribution in [0.3, 0.4) is 0 Å². The highest BCUT2D eigenvalue weighted by molar-refractivity contribution is 7.10. The summed E-state index contributed by atoms with van der Waals surface area (Å²) in [5.74, 6) is 1.50. The maximum atomic E-state index is 5.41. The molecule has 2 aromatic rings. The predicted molar refractivity (Wildman–Crippen MR) is 79.6 cm³/mol. The van der Waals surface area contributed by atoms with Gasteiger partial charge < -0.3 is 14.8 Å². The highest BCUT2D eigenvalue weighted by Gasteiger charge is 2.18. The van der Waals surface area contributed by atoms with Crippen LogP contribution in [0.15, 0.2) is 23.8 Å². The van der Waals surface area contributed by atoms with Crippen LogP contribution in [-0.4, -0.2) is 30.7 Å². The van der Waals surface area contributed by atoms with E-state index in [0.717, 1.165) is 24.4 Å². The van der Waals surface area contributed by atoms with Crippen LogP contribution in [-0.2, 0) is 6.42 Å². The fraction of sp³-hybridized carbons (Fsp3) is 0.429. The second kappa shape index (κ2) is 7.21.